The average molecular weight is 433 g/mol. The van der Waals surface area contributed by atoms with Crippen LogP contribution in [0.1, 0.15) is 18.4 Å². The van der Waals surface area contributed by atoms with Crippen molar-refractivity contribution in [2.24, 2.45) is 0 Å². The molecule has 0 aliphatic heterocycles. The van der Waals surface area contributed by atoms with Crippen LogP contribution in [0.2, 0.25) is 0 Å². The number of para-hydroxylation sites is 1. The molecule has 3 rings (SSSR count). The van der Waals surface area contributed by atoms with E-state index in [9.17, 15) is 9.59 Å². The molecule has 8 nitrogen and oxygen atoms in total. The van der Waals surface area contributed by atoms with Crippen LogP contribution in [0.3, 0.4) is 0 Å². The Morgan fingerprint density at radius 1 is 1.16 bits per heavy atom. The summed E-state index contributed by atoms with van der Waals surface area (Å²) in [5.41, 5.74) is 1.22. The lowest BCUT2D eigenvalue weighted by Crippen LogP contribution is -2.34. The van der Waals surface area contributed by atoms with Gasteiger partial charge >= 0.3 is 0 Å². The highest BCUT2D eigenvalue weighted by Crippen LogP contribution is 2.21. The lowest BCUT2D eigenvalue weighted by molar-refractivity contribution is -0.128. The van der Waals surface area contributed by atoms with Gasteiger partial charge in [0, 0.05) is 19.3 Å². The molecule has 0 aliphatic rings. The van der Waals surface area contributed by atoms with Gasteiger partial charge in [-0.25, -0.2) is 14.5 Å². The number of amides is 1. The van der Waals surface area contributed by atoms with E-state index in [-0.39, 0.29) is 43.2 Å². The van der Waals surface area contributed by atoms with E-state index in [2.05, 4.69) is 9.97 Å². The minimum absolute atomic E-state index is 0.0213. The Bertz CT molecular complexity index is 1220. The predicted molar refractivity (Wildman–Crippen MR) is 118 cm³/mol. The minimum Gasteiger partial charge on any atom is -0.340 e. The molecule has 2 aromatic heterocycles. The fourth-order valence-corrected chi connectivity index (χ4v) is 3.91. The number of carbonyl (C=O) groups excluding carboxylic acids is 1. The number of benzene rings is 1. The van der Waals surface area contributed by atoms with Gasteiger partial charge in [0.15, 0.2) is 5.16 Å². The number of thioether (sulfide) groups is 1. The van der Waals surface area contributed by atoms with E-state index in [1.165, 1.54) is 9.47 Å². The van der Waals surface area contributed by atoms with Crippen molar-refractivity contribution in [3.63, 3.8) is 0 Å². The molecule has 0 atom stereocenters. The summed E-state index contributed by atoms with van der Waals surface area (Å²) < 4.78 is 1.42. The molecule has 1 aromatic carbocycles. The Balaban J connectivity index is 1.96. The second-order valence-electron chi connectivity index (χ2n) is 6.73. The van der Waals surface area contributed by atoms with E-state index in [0.29, 0.717) is 21.9 Å². The number of fused-ring (bicyclic) bond motifs is 1. The molecule has 0 bridgehead atoms. The van der Waals surface area contributed by atoms with Crippen LogP contribution in [0.15, 0.2) is 52.5 Å². The summed E-state index contributed by atoms with van der Waals surface area (Å²) >= 11 is 1.13. The van der Waals surface area contributed by atoms with Crippen molar-refractivity contribution in [3.05, 3.63) is 58.5 Å². The van der Waals surface area contributed by atoms with Crippen LogP contribution in [0.25, 0.3) is 16.7 Å². The molecule has 0 fully saturated rings. The first-order valence-electron chi connectivity index (χ1n) is 9.64. The highest BCUT2D eigenvalue weighted by Gasteiger charge is 2.18. The van der Waals surface area contributed by atoms with Crippen LogP contribution in [0.4, 0.5) is 0 Å². The van der Waals surface area contributed by atoms with Crippen LogP contribution in [-0.4, -0.2) is 44.2 Å². The van der Waals surface area contributed by atoms with Crippen molar-refractivity contribution in [2.75, 3.05) is 18.8 Å². The second-order valence-corrected chi connectivity index (χ2v) is 7.67. The monoisotopic (exact) mass is 432 g/mol. The van der Waals surface area contributed by atoms with E-state index in [1.54, 1.807) is 36.5 Å². The number of carbonyl (C=O) groups is 1. The van der Waals surface area contributed by atoms with Crippen LogP contribution < -0.4 is 5.56 Å². The number of rotatable bonds is 8. The van der Waals surface area contributed by atoms with E-state index in [0.717, 1.165) is 17.3 Å². The number of hydrogen-bond donors (Lipinski definition) is 0. The molecule has 1 amide bonds. The SMILES string of the molecule is Cc1ccnc(-n2c(SCC(=O)N(CCC#N)CCC#N)nc3ccccc3c2=O)c1. The lowest BCUT2D eigenvalue weighted by atomic mass is 10.2. The Morgan fingerprint density at radius 2 is 1.87 bits per heavy atom. The first kappa shape index (κ1) is 22.0. The molecule has 0 unspecified atom stereocenters. The maximum atomic E-state index is 13.2. The summed E-state index contributed by atoms with van der Waals surface area (Å²) in [5, 5.41) is 18.5. The molecule has 0 saturated heterocycles. The number of aryl methyl sites for hydroxylation is 1. The molecular formula is C22H20N6O2S. The van der Waals surface area contributed by atoms with Crippen LogP contribution in [0, 0.1) is 29.6 Å². The van der Waals surface area contributed by atoms with E-state index >= 15 is 0 Å². The normalized spacial score (nSPS) is 10.4. The highest BCUT2D eigenvalue weighted by atomic mass is 32.2. The second kappa shape index (κ2) is 10.4. The van der Waals surface area contributed by atoms with E-state index in [4.69, 9.17) is 10.5 Å². The molecule has 0 N–H and O–H groups in total. The largest absolute Gasteiger partial charge is 0.340 e. The maximum Gasteiger partial charge on any atom is 0.267 e. The summed E-state index contributed by atoms with van der Waals surface area (Å²) in [6, 6.07) is 14.7. The number of pyridine rings is 1. The molecule has 0 aliphatic carbocycles. The summed E-state index contributed by atoms with van der Waals surface area (Å²) in [4.78, 5) is 36.4. The van der Waals surface area contributed by atoms with Gasteiger partial charge in [0.25, 0.3) is 5.56 Å². The van der Waals surface area contributed by atoms with Crippen molar-refractivity contribution in [1.29, 1.82) is 10.5 Å². The Labute approximate surface area is 183 Å². The van der Waals surface area contributed by atoms with Crippen molar-refractivity contribution < 1.29 is 4.79 Å². The maximum absolute atomic E-state index is 13.2. The quantitative estimate of drug-likeness (QED) is 0.397. The van der Waals surface area contributed by atoms with E-state index in [1.807, 2.05) is 25.1 Å². The number of aromatic nitrogens is 3. The standard InChI is InChI=1S/C22H20N6O2S/c1-16-8-11-25-19(14-16)28-21(30)17-6-2-3-7-18(17)26-22(28)31-15-20(29)27(12-4-9-23)13-5-10-24/h2-3,6-8,11,14H,4-5,12-13,15H2,1H3. The molecule has 9 heteroatoms. The fraction of sp³-hybridized carbons (Fsp3) is 0.273. The number of hydrogen-bond acceptors (Lipinski definition) is 7. The zero-order valence-electron chi connectivity index (χ0n) is 17.0. The highest BCUT2D eigenvalue weighted by molar-refractivity contribution is 7.99. The minimum atomic E-state index is -0.260. The zero-order valence-corrected chi connectivity index (χ0v) is 17.8. The van der Waals surface area contributed by atoms with Crippen molar-refractivity contribution >= 4 is 28.6 Å². The lowest BCUT2D eigenvalue weighted by Gasteiger charge is -2.20. The van der Waals surface area contributed by atoms with Gasteiger partial charge < -0.3 is 4.90 Å². The average Bonchev–Trinajstić information content (AvgIpc) is 2.77. The molecule has 156 valence electrons. The van der Waals surface area contributed by atoms with Gasteiger partial charge in [0.1, 0.15) is 5.82 Å². The van der Waals surface area contributed by atoms with Crippen LogP contribution >= 0.6 is 11.8 Å². The molecule has 3 aromatic rings. The smallest absolute Gasteiger partial charge is 0.267 e. The predicted octanol–water partition coefficient (Wildman–Crippen LogP) is 2.84. The van der Waals surface area contributed by atoms with Gasteiger partial charge in [-0.3, -0.25) is 9.59 Å². The van der Waals surface area contributed by atoms with Gasteiger partial charge in [-0.2, -0.15) is 10.5 Å². The molecule has 31 heavy (non-hydrogen) atoms. The number of nitrogens with zero attached hydrogens (tertiary/aromatic N) is 6. The summed E-state index contributed by atoms with van der Waals surface area (Å²) in [5.74, 6) is 0.235. The summed E-state index contributed by atoms with van der Waals surface area (Å²) in [6.07, 6.45) is 2.00. The molecule has 0 spiro atoms. The number of nitriles is 2. The van der Waals surface area contributed by atoms with Gasteiger partial charge in [0.2, 0.25) is 5.91 Å². The Morgan fingerprint density at radius 3 is 2.55 bits per heavy atom. The van der Waals surface area contributed by atoms with Crippen LogP contribution in [0.5, 0.6) is 0 Å². The fourth-order valence-electron chi connectivity index (χ4n) is 3.00. The first-order valence-corrected chi connectivity index (χ1v) is 10.6. The Hall–Kier alpha value is -3.69. The first-order chi connectivity index (χ1) is 15.0. The third-order valence-electron chi connectivity index (χ3n) is 4.54. The third-order valence-corrected chi connectivity index (χ3v) is 5.46. The van der Waals surface area contributed by atoms with Crippen LogP contribution in [-0.2, 0) is 4.79 Å². The summed E-state index contributed by atoms with van der Waals surface area (Å²) in [6.45, 7) is 2.42. The zero-order chi connectivity index (χ0) is 22.2. The molecule has 0 saturated carbocycles. The molecular weight excluding hydrogens is 412 g/mol. The van der Waals surface area contributed by atoms with Crippen molar-refractivity contribution in [2.45, 2.75) is 24.9 Å². The van der Waals surface area contributed by atoms with Gasteiger partial charge in [-0.15, -0.1) is 0 Å². The van der Waals surface area contributed by atoms with Gasteiger partial charge in [0.05, 0.1) is 41.6 Å². The van der Waals surface area contributed by atoms with E-state index < -0.39 is 0 Å². The summed E-state index contributed by atoms with van der Waals surface area (Å²) in [7, 11) is 0. The molecule has 2 heterocycles. The van der Waals surface area contributed by atoms with Crippen molar-refractivity contribution in [3.8, 4) is 18.0 Å². The van der Waals surface area contributed by atoms with Crippen molar-refractivity contribution in [1.82, 2.24) is 19.4 Å². The topological polar surface area (TPSA) is 116 Å². The van der Waals surface area contributed by atoms with Gasteiger partial charge in [-0.1, -0.05) is 23.9 Å². The third kappa shape index (κ3) is 5.27. The van der Waals surface area contributed by atoms with Gasteiger partial charge in [-0.05, 0) is 36.8 Å². The molecule has 0 radical (unpaired) electrons. The Kier molecular flexibility index (Phi) is 7.36.